The summed E-state index contributed by atoms with van der Waals surface area (Å²) >= 11 is 3.36. The van der Waals surface area contributed by atoms with Crippen LogP contribution in [0, 0.1) is 0 Å². The molecule has 1 fully saturated rings. The number of aromatic nitrogens is 1. The van der Waals surface area contributed by atoms with Gasteiger partial charge in [-0.1, -0.05) is 34.1 Å². The Hall–Kier alpha value is -1.62. The van der Waals surface area contributed by atoms with Crippen LogP contribution in [-0.4, -0.2) is 27.3 Å². The lowest BCUT2D eigenvalue weighted by molar-refractivity contribution is -0.119. The summed E-state index contributed by atoms with van der Waals surface area (Å²) in [5, 5.41) is 4.26. The Balaban J connectivity index is 2.06. The minimum Gasteiger partial charge on any atom is -0.341 e. The van der Waals surface area contributed by atoms with Crippen molar-refractivity contribution < 1.29 is 9.59 Å². The van der Waals surface area contributed by atoms with Crippen LogP contribution in [0.25, 0.3) is 10.9 Å². The molecule has 98 valence electrons. The number of rotatable bonds is 2. The van der Waals surface area contributed by atoms with Gasteiger partial charge >= 0.3 is 0 Å². The van der Waals surface area contributed by atoms with E-state index in [1.807, 2.05) is 30.3 Å². The van der Waals surface area contributed by atoms with E-state index in [-0.39, 0.29) is 11.8 Å². The molecule has 0 spiro atoms. The van der Waals surface area contributed by atoms with E-state index in [0.717, 1.165) is 10.9 Å². The molecule has 1 saturated heterocycles. The Bertz CT molecular complexity index is 664. The maximum atomic E-state index is 12.7. The van der Waals surface area contributed by atoms with Crippen LogP contribution in [0.4, 0.5) is 0 Å². The molecule has 1 aliphatic rings. The molecule has 1 N–H and O–H groups in total. The molecule has 0 saturated carbocycles. The predicted octanol–water partition coefficient (Wildman–Crippen LogP) is 2.33. The standard InChI is InChI=1S/C14H13BrN2O2/c15-9-14(7-5-12(18)16-14)13(19)17-8-6-10-3-1-2-4-11(10)17/h1-4,6,8H,5,7,9H2,(H,16,18). The summed E-state index contributed by atoms with van der Waals surface area (Å²) in [6.07, 6.45) is 2.70. The van der Waals surface area contributed by atoms with Crippen molar-refractivity contribution in [2.45, 2.75) is 18.4 Å². The van der Waals surface area contributed by atoms with Gasteiger partial charge in [-0.15, -0.1) is 0 Å². The molecule has 3 rings (SSSR count). The van der Waals surface area contributed by atoms with E-state index in [4.69, 9.17) is 0 Å². The molecule has 19 heavy (non-hydrogen) atoms. The van der Waals surface area contributed by atoms with Crippen molar-refractivity contribution in [3.05, 3.63) is 36.5 Å². The average Bonchev–Trinajstić information content (AvgIpc) is 3.02. The van der Waals surface area contributed by atoms with Gasteiger partial charge in [-0.3, -0.25) is 14.2 Å². The Morgan fingerprint density at radius 2 is 2.16 bits per heavy atom. The van der Waals surface area contributed by atoms with Gasteiger partial charge < -0.3 is 5.32 Å². The molecule has 1 amide bonds. The predicted molar refractivity (Wildman–Crippen MR) is 76.5 cm³/mol. The summed E-state index contributed by atoms with van der Waals surface area (Å²) in [6, 6.07) is 9.62. The van der Waals surface area contributed by atoms with E-state index < -0.39 is 5.54 Å². The molecule has 1 aliphatic heterocycles. The molecule has 1 aromatic heterocycles. The third kappa shape index (κ3) is 1.89. The number of hydrogen-bond acceptors (Lipinski definition) is 2. The maximum Gasteiger partial charge on any atom is 0.257 e. The first kappa shape index (κ1) is 12.4. The molecule has 2 aromatic rings. The Kier molecular flexibility index (Phi) is 2.93. The fraction of sp³-hybridized carbons (Fsp3) is 0.286. The first-order valence-corrected chi connectivity index (χ1v) is 7.26. The zero-order chi connectivity index (χ0) is 13.5. The summed E-state index contributed by atoms with van der Waals surface area (Å²) in [5.74, 6) is -0.152. The first-order valence-electron chi connectivity index (χ1n) is 6.14. The van der Waals surface area contributed by atoms with Crippen LogP contribution in [0.5, 0.6) is 0 Å². The van der Waals surface area contributed by atoms with Crippen molar-refractivity contribution in [2.75, 3.05) is 5.33 Å². The van der Waals surface area contributed by atoms with Crippen LogP contribution in [-0.2, 0) is 4.79 Å². The lowest BCUT2D eigenvalue weighted by Crippen LogP contribution is -2.52. The molecule has 1 aromatic carbocycles. The molecule has 1 unspecified atom stereocenters. The van der Waals surface area contributed by atoms with Crippen LogP contribution in [0.3, 0.4) is 0 Å². The molecule has 1 atom stereocenters. The quantitative estimate of drug-likeness (QED) is 0.863. The summed E-state index contributed by atoms with van der Waals surface area (Å²) < 4.78 is 1.63. The Morgan fingerprint density at radius 3 is 2.84 bits per heavy atom. The fourth-order valence-electron chi connectivity index (χ4n) is 2.53. The van der Waals surface area contributed by atoms with Crippen molar-refractivity contribution in [3.63, 3.8) is 0 Å². The number of hydrogen-bond donors (Lipinski definition) is 1. The van der Waals surface area contributed by atoms with Crippen LogP contribution >= 0.6 is 15.9 Å². The van der Waals surface area contributed by atoms with Crippen LogP contribution in [0.1, 0.15) is 17.6 Å². The first-order chi connectivity index (χ1) is 9.16. The second-order valence-corrected chi connectivity index (χ2v) is 5.37. The molecule has 2 heterocycles. The van der Waals surface area contributed by atoms with Gasteiger partial charge in [0.05, 0.1) is 5.52 Å². The van der Waals surface area contributed by atoms with Crippen LogP contribution < -0.4 is 5.32 Å². The highest BCUT2D eigenvalue weighted by atomic mass is 79.9. The van der Waals surface area contributed by atoms with Gasteiger partial charge in [-0.05, 0) is 18.6 Å². The maximum absolute atomic E-state index is 12.7. The second kappa shape index (κ2) is 4.49. The minimum absolute atomic E-state index is 0.0655. The fourth-order valence-corrected chi connectivity index (χ4v) is 3.19. The van der Waals surface area contributed by atoms with Gasteiger partial charge in [0.1, 0.15) is 5.54 Å². The molecule has 0 radical (unpaired) electrons. The normalized spacial score (nSPS) is 22.7. The van der Waals surface area contributed by atoms with Gasteiger partial charge in [0.25, 0.3) is 5.91 Å². The van der Waals surface area contributed by atoms with Crippen LogP contribution in [0.2, 0.25) is 0 Å². The smallest absolute Gasteiger partial charge is 0.257 e. The monoisotopic (exact) mass is 320 g/mol. The number of nitrogens with one attached hydrogen (secondary N) is 1. The van der Waals surface area contributed by atoms with Crippen molar-refractivity contribution in [1.29, 1.82) is 0 Å². The van der Waals surface area contributed by atoms with E-state index in [1.165, 1.54) is 0 Å². The van der Waals surface area contributed by atoms with E-state index in [0.29, 0.717) is 18.2 Å². The van der Waals surface area contributed by atoms with Crippen molar-refractivity contribution in [2.24, 2.45) is 0 Å². The largest absolute Gasteiger partial charge is 0.341 e. The number of carbonyl (C=O) groups excluding carboxylic acids is 2. The number of nitrogens with zero attached hydrogens (tertiary/aromatic N) is 1. The number of carbonyl (C=O) groups is 2. The number of amides is 1. The summed E-state index contributed by atoms with van der Waals surface area (Å²) in [4.78, 5) is 24.2. The highest BCUT2D eigenvalue weighted by Crippen LogP contribution is 2.27. The van der Waals surface area contributed by atoms with E-state index in [1.54, 1.807) is 10.8 Å². The molecular weight excluding hydrogens is 308 g/mol. The lowest BCUT2D eigenvalue weighted by atomic mass is 9.99. The Morgan fingerprint density at radius 1 is 1.37 bits per heavy atom. The van der Waals surface area contributed by atoms with Gasteiger partial charge in [0, 0.05) is 23.3 Å². The Labute approximate surface area is 118 Å². The topological polar surface area (TPSA) is 51.1 Å². The van der Waals surface area contributed by atoms with Gasteiger partial charge in [0.15, 0.2) is 0 Å². The second-order valence-electron chi connectivity index (χ2n) is 4.81. The molecule has 4 nitrogen and oxygen atoms in total. The lowest BCUT2D eigenvalue weighted by Gasteiger charge is -2.25. The SMILES string of the molecule is O=C1CCC(CBr)(C(=O)n2ccc3ccccc32)N1. The third-order valence-corrected chi connectivity index (χ3v) is 4.57. The minimum atomic E-state index is -0.821. The highest BCUT2D eigenvalue weighted by molar-refractivity contribution is 9.09. The number of fused-ring (bicyclic) bond motifs is 1. The number of para-hydroxylation sites is 1. The molecule has 0 bridgehead atoms. The summed E-state index contributed by atoms with van der Waals surface area (Å²) in [7, 11) is 0. The van der Waals surface area contributed by atoms with Gasteiger partial charge in [-0.25, -0.2) is 0 Å². The van der Waals surface area contributed by atoms with Crippen molar-refractivity contribution >= 4 is 38.6 Å². The number of alkyl halides is 1. The average molecular weight is 321 g/mol. The van der Waals surface area contributed by atoms with Gasteiger partial charge in [-0.2, -0.15) is 0 Å². The summed E-state index contributed by atoms with van der Waals surface area (Å²) in [6.45, 7) is 0. The van der Waals surface area contributed by atoms with Crippen molar-refractivity contribution in [1.82, 2.24) is 9.88 Å². The van der Waals surface area contributed by atoms with Crippen molar-refractivity contribution in [3.8, 4) is 0 Å². The van der Waals surface area contributed by atoms with Crippen LogP contribution in [0.15, 0.2) is 36.5 Å². The van der Waals surface area contributed by atoms with E-state index >= 15 is 0 Å². The van der Waals surface area contributed by atoms with E-state index in [9.17, 15) is 9.59 Å². The highest BCUT2D eigenvalue weighted by Gasteiger charge is 2.44. The molecule has 5 heteroatoms. The summed E-state index contributed by atoms with van der Waals surface area (Å²) in [5.41, 5.74) is 0.0489. The zero-order valence-corrected chi connectivity index (χ0v) is 11.8. The molecule has 0 aliphatic carbocycles. The zero-order valence-electron chi connectivity index (χ0n) is 10.2. The molecular formula is C14H13BrN2O2. The third-order valence-electron chi connectivity index (χ3n) is 3.61. The van der Waals surface area contributed by atoms with Gasteiger partial charge in [0.2, 0.25) is 5.91 Å². The van der Waals surface area contributed by atoms with E-state index in [2.05, 4.69) is 21.2 Å². The number of halogens is 1. The number of benzene rings is 1.